The molecule has 0 aliphatic carbocycles. The number of carbonyl (C=O) groups excluding carboxylic acids is 1. The molecule has 0 spiro atoms. The summed E-state index contributed by atoms with van der Waals surface area (Å²) in [6.45, 7) is 3.82. The predicted molar refractivity (Wildman–Crippen MR) is 82.4 cm³/mol. The molecule has 1 aromatic heterocycles. The van der Waals surface area contributed by atoms with Gasteiger partial charge in [0.05, 0.1) is 17.5 Å². The predicted octanol–water partition coefficient (Wildman–Crippen LogP) is 2.31. The SMILES string of the molecule is CC(C)C[C@@H](NC(=O)c1cn[nH]c1-c1ccccc1)C(=O)O. The van der Waals surface area contributed by atoms with Gasteiger partial charge in [-0.25, -0.2) is 4.79 Å². The van der Waals surface area contributed by atoms with Gasteiger partial charge in [-0.3, -0.25) is 9.89 Å². The second kappa shape index (κ2) is 6.89. The molecule has 0 aliphatic heterocycles. The maximum atomic E-state index is 12.4. The maximum absolute atomic E-state index is 12.4. The first kappa shape index (κ1) is 15.8. The third-order valence-electron chi connectivity index (χ3n) is 3.26. The molecule has 1 heterocycles. The second-order valence-electron chi connectivity index (χ2n) is 5.52. The van der Waals surface area contributed by atoms with Crippen molar-refractivity contribution < 1.29 is 14.7 Å². The molecular formula is C16H19N3O3. The fourth-order valence-electron chi connectivity index (χ4n) is 2.21. The average Bonchev–Trinajstić information content (AvgIpc) is 2.96. The third kappa shape index (κ3) is 3.72. The number of amides is 1. The number of carboxylic acid groups (broad SMARTS) is 1. The van der Waals surface area contributed by atoms with Crippen molar-refractivity contribution >= 4 is 11.9 Å². The van der Waals surface area contributed by atoms with E-state index in [-0.39, 0.29) is 5.92 Å². The second-order valence-corrected chi connectivity index (χ2v) is 5.52. The van der Waals surface area contributed by atoms with Crippen LogP contribution in [0.5, 0.6) is 0 Å². The molecule has 0 saturated carbocycles. The summed E-state index contributed by atoms with van der Waals surface area (Å²) in [7, 11) is 0. The number of nitrogens with one attached hydrogen (secondary N) is 2. The first-order chi connectivity index (χ1) is 10.5. The van der Waals surface area contributed by atoms with Crippen LogP contribution in [-0.2, 0) is 4.79 Å². The number of carboxylic acids is 1. The van der Waals surface area contributed by atoms with Crippen molar-refractivity contribution in [2.24, 2.45) is 5.92 Å². The molecule has 0 radical (unpaired) electrons. The smallest absolute Gasteiger partial charge is 0.326 e. The zero-order valence-electron chi connectivity index (χ0n) is 12.5. The van der Waals surface area contributed by atoms with Crippen molar-refractivity contribution in [2.45, 2.75) is 26.3 Å². The van der Waals surface area contributed by atoms with E-state index in [1.54, 1.807) is 0 Å². The van der Waals surface area contributed by atoms with E-state index in [1.165, 1.54) is 6.20 Å². The van der Waals surface area contributed by atoms with Gasteiger partial charge in [-0.15, -0.1) is 0 Å². The Morgan fingerprint density at radius 2 is 1.95 bits per heavy atom. The van der Waals surface area contributed by atoms with Crippen LogP contribution in [0, 0.1) is 5.92 Å². The van der Waals surface area contributed by atoms with Crippen LogP contribution < -0.4 is 5.32 Å². The maximum Gasteiger partial charge on any atom is 0.326 e. The lowest BCUT2D eigenvalue weighted by Crippen LogP contribution is -2.41. The van der Waals surface area contributed by atoms with Crippen molar-refractivity contribution in [1.82, 2.24) is 15.5 Å². The molecule has 1 aromatic carbocycles. The molecular weight excluding hydrogens is 282 g/mol. The van der Waals surface area contributed by atoms with E-state index < -0.39 is 17.9 Å². The number of benzene rings is 1. The number of rotatable bonds is 6. The summed E-state index contributed by atoms with van der Waals surface area (Å²) in [5.41, 5.74) is 1.73. The van der Waals surface area contributed by atoms with Gasteiger partial charge in [-0.2, -0.15) is 5.10 Å². The summed E-state index contributed by atoms with van der Waals surface area (Å²) < 4.78 is 0. The van der Waals surface area contributed by atoms with Crippen LogP contribution in [0.4, 0.5) is 0 Å². The lowest BCUT2D eigenvalue weighted by atomic mass is 10.0. The van der Waals surface area contributed by atoms with Crippen LogP contribution in [0.1, 0.15) is 30.6 Å². The quantitative estimate of drug-likeness (QED) is 0.763. The molecule has 0 bridgehead atoms. The van der Waals surface area contributed by atoms with Gasteiger partial charge in [0.2, 0.25) is 0 Å². The van der Waals surface area contributed by atoms with Gasteiger partial charge >= 0.3 is 5.97 Å². The minimum absolute atomic E-state index is 0.166. The largest absolute Gasteiger partial charge is 0.480 e. The third-order valence-corrected chi connectivity index (χ3v) is 3.26. The standard InChI is InChI=1S/C16H19N3O3/c1-10(2)8-13(16(21)22)18-15(20)12-9-17-19-14(12)11-6-4-3-5-7-11/h3-7,9-10,13H,8H2,1-2H3,(H,17,19)(H,18,20)(H,21,22)/t13-/m1/s1. The van der Waals surface area contributed by atoms with Crippen LogP contribution >= 0.6 is 0 Å². The lowest BCUT2D eigenvalue weighted by molar-refractivity contribution is -0.139. The van der Waals surface area contributed by atoms with Crippen LogP contribution in [-0.4, -0.2) is 33.2 Å². The van der Waals surface area contributed by atoms with E-state index in [9.17, 15) is 14.7 Å². The molecule has 6 heteroatoms. The fourth-order valence-corrected chi connectivity index (χ4v) is 2.21. The van der Waals surface area contributed by atoms with E-state index in [1.807, 2.05) is 44.2 Å². The van der Waals surface area contributed by atoms with E-state index in [0.29, 0.717) is 17.7 Å². The zero-order chi connectivity index (χ0) is 16.1. The number of carbonyl (C=O) groups is 2. The van der Waals surface area contributed by atoms with Crippen LogP contribution in [0.15, 0.2) is 36.5 Å². The molecule has 22 heavy (non-hydrogen) atoms. The van der Waals surface area contributed by atoms with Crippen LogP contribution in [0.3, 0.4) is 0 Å². The summed E-state index contributed by atoms with van der Waals surface area (Å²) in [5.74, 6) is -1.31. The molecule has 2 rings (SSSR count). The number of aromatic amines is 1. The Morgan fingerprint density at radius 3 is 2.55 bits per heavy atom. The van der Waals surface area contributed by atoms with Gasteiger partial charge in [0.15, 0.2) is 0 Å². The highest BCUT2D eigenvalue weighted by Crippen LogP contribution is 2.20. The van der Waals surface area contributed by atoms with Gasteiger partial charge in [0.1, 0.15) is 6.04 Å². The Hall–Kier alpha value is -2.63. The van der Waals surface area contributed by atoms with Gasteiger partial charge < -0.3 is 10.4 Å². The Kier molecular flexibility index (Phi) is 4.93. The Bertz CT molecular complexity index is 650. The number of hydrogen-bond donors (Lipinski definition) is 3. The first-order valence-corrected chi connectivity index (χ1v) is 7.11. The molecule has 0 saturated heterocycles. The van der Waals surface area contributed by atoms with Crippen molar-refractivity contribution in [3.63, 3.8) is 0 Å². The average molecular weight is 301 g/mol. The monoisotopic (exact) mass is 301 g/mol. The molecule has 6 nitrogen and oxygen atoms in total. The summed E-state index contributed by atoms with van der Waals surface area (Å²) in [5, 5.41) is 18.5. The zero-order valence-corrected chi connectivity index (χ0v) is 12.5. The molecule has 116 valence electrons. The fraction of sp³-hybridized carbons (Fsp3) is 0.312. The Labute approximate surface area is 128 Å². The molecule has 1 atom stereocenters. The summed E-state index contributed by atoms with van der Waals surface area (Å²) in [4.78, 5) is 23.6. The highest BCUT2D eigenvalue weighted by molar-refractivity contribution is 6.01. The van der Waals surface area contributed by atoms with E-state index in [2.05, 4.69) is 15.5 Å². The van der Waals surface area contributed by atoms with Crippen LogP contribution in [0.25, 0.3) is 11.3 Å². The molecule has 0 unspecified atom stereocenters. The number of nitrogens with zero attached hydrogens (tertiary/aromatic N) is 1. The van der Waals surface area contributed by atoms with Crippen molar-refractivity contribution in [3.8, 4) is 11.3 Å². The van der Waals surface area contributed by atoms with Gasteiger partial charge in [-0.1, -0.05) is 44.2 Å². The molecule has 0 fully saturated rings. The van der Waals surface area contributed by atoms with Gasteiger partial charge in [0, 0.05) is 5.56 Å². The van der Waals surface area contributed by atoms with E-state index in [4.69, 9.17) is 0 Å². The normalized spacial score (nSPS) is 12.1. The Balaban J connectivity index is 2.20. The number of aromatic nitrogens is 2. The highest BCUT2D eigenvalue weighted by atomic mass is 16.4. The molecule has 2 aromatic rings. The number of hydrogen-bond acceptors (Lipinski definition) is 3. The van der Waals surface area contributed by atoms with Crippen molar-refractivity contribution in [3.05, 3.63) is 42.1 Å². The minimum Gasteiger partial charge on any atom is -0.480 e. The molecule has 1 amide bonds. The number of aliphatic carboxylic acids is 1. The highest BCUT2D eigenvalue weighted by Gasteiger charge is 2.24. The van der Waals surface area contributed by atoms with Gasteiger partial charge in [0.25, 0.3) is 5.91 Å². The molecule has 3 N–H and O–H groups in total. The summed E-state index contributed by atoms with van der Waals surface area (Å²) >= 11 is 0. The first-order valence-electron chi connectivity index (χ1n) is 7.11. The minimum atomic E-state index is -1.04. The lowest BCUT2D eigenvalue weighted by Gasteiger charge is -2.16. The topological polar surface area (TPSA) is 95.1 Å². The summed E-state index contributed by atoms with van der Waals surface area (Å²) in [6.07, 6.45) is 1.78. The summed E-state index contributed by atoms with van der Waals surface area (Å²) in [6, 6.07) is 8.39. The van der Waals surface area contributed by atoms with Gasteiger partial charge in [-0.05, 0) is 12.3 Å². The molecule has 0 aliphatic rings. The number of H-pyrrole nitrogens is 1. The van der Waals surface area contributed by atoms with E-state index >= 15 is 0 Å². The van der Waals surface area contributed by atoms with Crippen molar-refractivity contribution in [1.29, 1.82) is 0 Å². The van der Waals surface area contributed by atoms with E-state index in [0.717, 1.165) is 5.56 Å². The van der Waals surface area contributed by atoms with Crippen LogP contribution in [0.2, 0.25) is 0 Å². The van der Waals surface area contributed by atoms with Crippen molar-refractivity contribution in [2.75, 3.05) is 0 Å². The Morgan fingerprint density at radius 1 is 1.27 bits per heavy atom.